The van der Waals surface area contributed by atoms with Gasteiger partial charge in [-0.25, -0.2) is 15.1 Å². The average Bonchev–Trinajstić information content (AvgIpc) is 3.27. The van der Waals surface area contributed by atoms with E-state index in [0.717, 1.165) is 0 Å². The first-order chi connectivity index (χ1) is 17.4. The highest BCUT2D eigenvalue weighted by Crippen LogP contribution is 2.32. The number of amides is 1. The molecule has 37 heavy (non-hydrogen) atoms. The van der Waals surface area contributed by atoms with Gasteiger partial charge in [0, 0.05) is 64.2 Å². The lowest BCUT2D eigenvalue weighted by molar-refractivity contribution is -0.139. The van der Waals surface area contributed by atoms with Crippen LogP contribution in [0, 0.1) is 0 Å². The van der Waals surface area contributed by atoms with E-state index in [2.05, 4.69) is 15.1 Å². The molecular formula is C21H23F6N7O3. The van der Waals surface area contributed by atoms with Crippen LogP contribution in [0.5, 0.6) is 0 Å². The first-order valence-electron chi connectivity index (χ1n) is 11.4. The fourth-order valence-corrected chi connectivity index (χ4v) is 4.36. The molecule has 2 atom stereocenters. The molecule has 2 aliphatic rings. The van der Waals surface area contributed by atoms with Crippen molar-refractivity contribution in [2.75, 3.05) is 49.1 Å². The van der Waals surface area contributed by atoms with Crippen molar-refractivity contribution in [2.45, 2.75) is 37.8 Å². The highest BCUT2D eigenvalue weighted by molar-refractivity contribution is 5.86. The lowest BCUT2D eigenvalue weighted by Gasteiger charge is -2.37. The van der Waals surface area contributed by atoms with Gasteiger partial charge in [0.15, 0.2) is 5.82 Å². The summed E-state index contributed by atoms with van der Waals surface area (Å²) in [5.74, 6) is -0.475. The zero-order valence-electron chi connectivity index (χ0n) is 19.5. The van der Waals surface area contributed by atoms with Gasteiger partial charge in [0.25, 0.3) is 5.56 Å². The summed E-state index contributed by atoms with van der Waals surface area (Å²) in [7, 11) is 0. The van der Waals surface area contributed by atoms with Crippen LogP contribution in [0.25, 0.3) is 0 Å². The van der Waals surface area contributed by atoms with Crippen molar-refractivity contribution in [1.82, 2.24) is 25.1 Å². The molecule has 0 bridgehead atoms. The summed E-state index contributed by atoms with van der Waals surface area (Å²) in [5.41, 5.74) is -3.78. The molecule has 0 saturated carbocycles. The highest BCUT2D eigenvalue weighted by atomic mass is 19.4. The van der Waals surface area contributed by atoms with Crippen LogP contribution in [0.15, 0.2) is 23.3 Å². The summed E-state index contributed by atoms with van der Waals surface area (Å²) in [6.07, 6.45) is -8.31. The number of anilines is 2. The number of halogens is 6. The number of carbonyl (C=O) groups excluding carboxylic acids is 1. The third-order valence-electron chi connectivity index (χ3n) is 6.18. The Balaban J connectivity index is 1.48. The van der Waals surface area contributed by atoms with Crippen LogP contribution >= 0.6 is 0 Å². The fraction of sp³-hybridized carbons (Fsp3) is 0.571. The van der Waals surface area contributed by atoms with Crippen LogP contribution in [0.1, 0.15) is 24.5 Å². The van der Waals surface area contributed by atoms with E-state index < -0.39 is 41.2 Å². The molecule has 2 aromatic heterocycles. The fourth-order valence-electron chi connectivity index (χ4n) is 4.36. The smallest absolute Gasteiger partial charge is 0.377 e. The summed E-state index contributed by atoms with van der Waals surface area (Å²) in [5, 5.41) is 5.59. The Bertz CT molecular complexity index is 1160. The van der Waals surface area contributed by atoms with Gasteiger partial charge in [0.2, 0.25) is 11.9 Å². The van der Waals surface area contributed by atoms with Crippen molar-refractivity contribution >= 4 is 17.7 Å². The molecule has 0 unspecified atom stereocenters. The summed E-state index contributed by atoms with van der Waals surface area (Å²) in [4.78, 5) is 37.1. The minimum atomic E-state index is -4.90. The van der Waals surface area contributed by atoms with Crippen molar-refractivity contribution in [1.29, 1.82) is 0 Å². The molecule has 1 N–H and O–H groups in total. The average molecular weight is 535 g/mol. The molecule has 2 saturated heterocycles. The molecule has 10 nitrogen and oxygen atoms in total. The van der Waals surface area contributed by atoms with Crippen LogP contribution in [0.2, 0.25) is 0 Å². The first kappa shape index (κ1) is 26.6. The van der Waals surface area contributed by atoms with Crippen LogP contribution in [0.4, 0.5) is 38.1 Å². The molecule has 16 heteroatoms. The minimum absolute atomic E-state index is 0.0936. The van der Waals surface area contributed by atoms with Gasteiger partial charge in [-0.1, -0.05) is 0 Å². The van der Waals surface area contributed by atoms with Crippen molar-refractivity contribution < 1.29 is 35.9 Å². The molecule has 0 spiro atoms. The summed E-state index contributed by atoms with van der Waals surface area (Å²) >= 11 is 0. The quantitative estimate of drug-likeness (QED) is 0.579. The van der Waals surface area contributed by atoms with Crippen molar-refractivity contribution in [2.24, 2.45) is 0 Å². The van der Waals surface area contributed by atoms with Crippen molar-refractivity contribution in [3.05, 3.63) is 39.9 Å². The standard InChI is InChI=1S/C21H23F6N7O3/c1-2-37-13-7-15(34(11-13)16-8-14(21(25,26)27)17(35)31-30-16)18(36)32-3-5-33(6-4-32)19-28-9-12(10-29-19)20(22,23)24/h8-10,13,15H,2-7,11H2,1H3,(H,31,35)/t13-,15+/m1/s1. The molecule has 2 fully saturated rings. The first-order valence-corrected chi connectivity index (χ1v) is 11.4. The Morgan fingerprint density at radius 2 is 1.73 bits per heavy atom. The number of aromatic nitrogens is 4. The molecule has 0 aliphatic carbocycles. The van der Waals surface area contributed by atoms with Gasteiger partial charge in [-0.3, -0.25) is 9.59 Å². The van der Waals surface area contributed by atoms with E-state index in [0.29, 0.717) is 25.1 Å². The highest BCUT2D eigenvalue weighted by Gasteiger charge is 2.42. The Morgan fingerprint density at radius 3 is 2.30 bits per heavy atom. The number of H-pyrrole nitrogens is 1. The van der Waals surface area contributed by atoms with E-state index in [4.69, 9.17) is 4.74 Å². The maximum Gasteiger partial charge on any atom is 0.421 e. The lowest BCUT2D eigenvalue weighted by atomic mass is 10.1. The largest absolute Gasteiger partial charge is 0.421 e. The molecule has 1 amide bonds. The van der Waals surface area contributed by atoms with Crippen LogP contribution < -0.4 is 15.4 Å². The van der Waals surface area contributed by atoms with E-state index >= 15 is 0 Å². The molecule has 4 heterocycles. The van der Waals surface area contributed by atoms with E-state index in [1.165, 1.54) is 9.80 Å². The number of ether oxygens (including phenoxy) is 1. The number of piperazine rings is 1. The number of nitrogens with zero attached hydrogens (tertiary/aromatic N) is 6. The number of nitrogens with one attached hydrogen (secondary N) is 1. The van der Waals surface area contributed by atoms with Crippen LogP contribution in [-0.4, -0.2) is 82.4 Å². The SMILES string of the molecule is CCO[C@@H]1C[C@@H](C(=O)N2CCN(c3ncc(C(F)(F)F)cn3)CC2)N(c2cc(C(F)(F)F)c(=O)[nH]n2)C1. The molecular weight excluding hydrogens is 512 g/mol. The van der Waals surface area contributed by atoms with Gasteiger partial charge in [0.05, 0.1) is 11.7 Å². The number of hydrogen-bond donors (Lipinski definition) is 1. The zero-order valence-corrected chi connectivity index (χ0v) is 19.5. The second-order valence-electron chi connectivity index (χ2n) is 8.53. The van der Waals surface area contributed by atoms with Crippen LogP contribution in [0.3, 0.4) is 0 Å². The predicted octanol–water partition coefficient (Wildman–Crippen LogP) is 1.93. The number of rotatable bonds is 5. The van der Waals surface area contributed by atoms with Gasteiger partial charge in [-0.05, 0) is 6.92 Å². The van der Waals surface area contributed by atoms with E-state index in [1.54, 1.807) is 11.8 Å². The topological polar surface area (TPSA) is 108 Å². The maximum atomic E-state index is 13.4. The Morgan fingerprint density at radius 1 is 1.08 bits per heavy atom. The van der Waals surface area contributed by atoms with Gasteiger partial charge in [-0.2, -0.15) is 31.4 Å². The molecule has 0 aromatic carbocycles. The summed E-state index contributed by atoms with van der Waals surface area (Å²) < 4.78 is 83.7. The number of hydrogen-bond acceptors (Lipinski definition) is 8. The number of aromatic amines is 1. The lowest BCUT2D eigenvalue weighted by Crippen LogP contribution is -2.54. The molecule has 202 valence electrons. The van der Waals surface area contributed by atoms with Crippen molar-refractivity contribution in [3.8, 4) is 0 Å². The monoisotopic (exact) mass is 535 g/mol. The number of alkyl halides is 6. The summed E-state index contributed by atoms with van der Waals surface area (Å²) in [6.45, 7) is 3.06. The Kier molecular flexibility index (Phi) is 7.30. The number of carbonyl (C=O) groups is 1. The molecule has 2 aromatic rings. The maximum absolute atomic E-state index is 13.4. The molecule has 4 rings (SSSR count). The second kappa shape index (κ2) is 10.1. The van der Waals surface area contributed by atoms with Gasteiger partial charge in [0.1, 0.15) is 11.6 Å². The zero-order chi connectivity index (χ0) is 27.0. The van der Waals surface area contributed by atoms with E-state index in [-0.39, 0.29) is 56.8 Å². The molecule has 2 aliphatic heterocycles. The predicted molar refractivity (Wildman–Crippen MR) is 117 cm³/mol. The van der Waals surface area contributed by atoms with E-state index in [1.807, 2.05) is 5.10 Å². The van der Waals surface area contributed by atoms with Crippen molar-refractivity contribution in [3.63, 3.8) is 0 Å². The summed E-state index contributed by atoms with van der Waals surface area (Å²) in [6, 6.07) is -0.266. The van der Waals surface area contributed by atoms with E-state index in [9.17, 15) is 35.9 Å². The van der Waals surface area contributed by atoms with Gasteiger partial charge >= 0.3 is 12.4 Å². The van der Waals surface area contributed by atoms with Gasteiger partial charge in [-0.15, -0.1) is 0 Å². The third kappa shape index (κ3) is 5.78. The second-order valence-corrected chi connectivity index (χ2v) is 8.53. The Hall–Kier alpha value is -3.43. The Labute approximate surface area is 206 Å². The molecule has 0 radical (unpaired) electrons. The third-order valence-corrected chi connectivity index (χ3v) is 6.18. The minimum Gasteiger partial charge on any atom is -0.377 e. The van der Waals surface area contributed by atoms with Gasteiger partial charge < -0.3 is 19.4 Å². The normalized spacial score (nSPS) is 21.0. The van der Waals surface area contributed by atoms with Crippen LogP contribution in [-0.2, 0) is 21.9 Å².